The first kappa shape index (κ1) is 11.0. The molecular formula is C12H25N. The summed E-state index contributed by atoms with van der Waals surface area (Å²) < 4.78 is 0. The van der Waals surface area contributed by atoms with Crippen LogP contribution in [0.5, 0.6) is 0 Å². The summed E-state index contributed by atoms with van der Waals surface area (Å²) in [5.41, 5.74) is 0.727. The zero-order valence-corrected chi connectivity index (χ0v) is 9.36. The van der Waals surface area contributed by atoms with Crippen molar-refractivity contribution in [2.24, 2.45) is 5.41 Å². The Hall–Kier alpha value is -0.0400. The van der Waals surface area contributed by atoms with Gasteiger partial charge in [-0.05, 0) is 37.6 Å². The molecule has 1 aliphatic rings. The van der Waals surface area contributed by atoms with Crippen LogP contribution in [-0.2, 0) is 0 Å². The largest absolute Gasteiger partial charge is 0.316 e. The number of rotatable bonds is 8. The van der Waals surface area contributed by atoms with Crippen molar-refractivity contribution < 1.29 is 0 Å². The molecule has 0 bridgehead atoms. The fourth-order valence-electron chi connectivity index (χ4n) is 1.86. The van der Waals surface area contributed by atoms with E-state index in [1.807, 2.05) is 0 Å². The van der Waals surface area contributed by atoms with E-state index in [0.717, 1.165) is 5.41 Å². The third-order valence-corrected chi connectivity index (χ3v) is 3.41. The predicted octanol–water partition coefficient (Wildman–Crippen LogP) is 3.35. The SMILES string of the molecule is CCCCCCNCC1(CC)CC1. The van der Waals surface area contributed by atoms with Gasteiger partial charge in [-0.2, -0.15) is 0 Å². The van der Waals surface area contributed by atoms with E-state index < -0.39 is 0 Å². The standard InChI is InChI=1S/C12H25N/c1-3-5-6-7-10-13-11-12(4-2)8-9-12/h13H,3-11H2,1-2H3. The molecule has 0 aromatic heterocycles. The second-order valence-corrected chi connectivity index (χ2v) is 4.59. The molecule has 0 radical (unpaired) electrons. The average Bonchev–Trinajstić information content (AvgIpc) is 2.92. The third-order valence-electron chi connectivity index (χ3n) is 3.41. The summed E-state index contributed by atoms with van der Waals surface area (Å²) in [6.07, 6.45) is 9.82. The Morgan fingerprint density at radius 2 is 1.85 bits per heavy atom. The van der Waals surface area contributed by atoms with Gasteiger partial charge in [-0.15, -0.1) is 0 Å². The van der Waals surface area contributed by atoms with Crippen molar-refractivity contribution in [2.75, 3.05) is 13.1 Å². The molecule has 0 amide bonds. The maximum Gasteiger partial charge on any atom is 0.000771 e. The number of nitrogens with one attached hydrogen (secondary N) is 1. The average molecular weight is 183 g/mol. The summed E-state index contributed by atoms with van der Waals surface area (Å²) in [4.78, 5) is 0. The Morgan fingerprint density at radius 3 is 2.38 bits per heavy atom. The summed E-state index contributed by atoms with van der Waals surface area (Å²) in [7, 11) is 0. The minimum Gasteiger partial charge on any atom is -0.316 e. The molecule has 1 fully saturated rings. The first-order chi connectivity index (χ1) is 6.33. The van der Waals surface area contributed by atoms with Gasteiger partial charge in [0, 0.05) is 6.54 Å². The normalized spacial score (nSPS) is 18.9. The van der Waals surface area contributed by atoms with E-state index in [1.54, 1.807) is 0 Å². The molecule has 1 aliphatic carbocycles. The van der Waals surface area contributed by atoms with Gasteiger partial charge < -0.3 is 5.32 Å². The van der Waals surface area contributed by atoms with E-state index in [0.29, 0.717) is 0 Å². The van der Waals surface area contributed by atoms with Crippen LogP contribution in [0.2, 0.25) is 0 Å². The molecule has 1 nitrogen and oxygen atoms in total. The zero-order chi connectivity index (χ0) is 9.57. The first-order valence-corrected chi connectivity index (χ1v) is 6.04. The van der Waals surface area contributed by atoms with Gasteiger partial charge in [-0.25, -0.2) is 0 Å². The Balaban J connectivity index is 1.84. The first-order valence-electron chi connectivity index (χ1n) is 6.04. The minimum atomic E-state index is 0.727. The third kappa shape index (κ3) is 4.12. The molecule has 0 saturated heterocycles. The quantitative estimate of drug-likeness (QED) is 0.569. The molecule has 0 atom stereocenters. The van der Waals surface area contributed by atoms with Crippen molar-refractivity contribution >= 4 is 0 Å². The van der Waals surface area contributed by atoms with Gasteiger partial charge in [0.15, 0.2) is 0 Å². The lowest BCUT2D eigenvalue weighted by Crippen LogP contribution is -2.24. The van der Waals surface area contributed by atoms with E-state index in [1.165, 1.54) is 58.0 Å². The maximum atomic E-state index is 3.60. The smallest absolute Gasteiger partial charge is 0.000771 e. The highest BCUT2D eigenvalue weighted by molar-refractivity contribution is 4.93. The molecular weight excluding hydrogens is 158 g/mol. The van der Waals surface area contributed by atoms with Gasteiger partial charge in [0.2, 0.25) is 0 Å². The fourth-order valence-corrected chi connectivity index (χ4v) is 1.86. The zero-order valence-electron chi connectivity index (χ0n) is 9.36. The van der Waals surface area contributed by atoms with Gasteiger partial charge in [-0.3, -0.25) is 0 Å². The fraction of sp³-hybridized carbons (Fsp3) is 1.00. The van der Waals surface area contributed by atoms with E-state index in [-0.39, 0.29) is 0 Å². The van der Waals surface area contributed by atoms with Crippen LogP contribution in [0.1, 0.15) is 58.8 Å². The van der Waals surface area contributed by atoms with Gasteiger partial charge in [0.25, 0.3) is 0 Å². The van der Waals surface area contributed by atoms with E-state index in [2.05, 4.69) is 19.2 Å². The highest BCUT2D eigenvalue weighted by atomic mass is 14.9. The molecule has 78 valence electrons. The van der Waals surface area contributed by atoms with Crippen molar-refractivity contribution in [2.45, 2.75) is 58.8 Å². The second-order valence-electron chi connectivity index (χ2n) is 4.59. The van der Waals surface area contributed by atoms with Crippen LogP contribution in [0.25, 0.3) is 0 Å². The van der Waals surface area contributed by atoms with Gasteiger partial charge in [0.1, 0.15) is 0 Å². The molecule has 0 unspecified atom stereocenters. The molecule has 1 saturated carbocycles. The van der Waals surface area contributed by atoms with Crippen LogP contribution in [0.3, 0.4) is 0 Å². The molecule has 0 aliphatic heterocycles. The van der Waals surface area contributed by atoms with Crippen molar-refractivity contribution in [3.63, 3.8) is 0 Å². The Kier molecular flexibility index (Phi) is 4.79. The second kappa shape index (κ2) is 5.64. The van der Waals surface area contributed by atoms with Crippen LogP contribution in [0.4, 0.5) is 0 Å². The highest BCUT2D eigenvalue weighted by Gasteiger charge is 2.39. The van der Waals surface area contributed by atoms with Crippen molar-refractivity contribution in [3.05, 3.63) is 0 Å². The lowest BCUT2D eigenvalue weighted by atomic mass is 10.0. The molecule has 0 aromatic rings. The summed E-state index contributed by atoms with van der Waals surface area (Å²) in [6.45, 7) is 7.10. The molecule has 13 heavy (non-hydrogen) atoms. The highest BCUT2D eigenvalue weighted by Crippen LogP contribution is 2.47. The number of hydrogen-bond acceptors (Lipinski definition) is 1. The maximum absolute atomic E-state index is 3.60. The van der Waals surface area contributed by atoms with E-state index in [4.69, 9.17) is 0 Å². The predicted molar refractivity (Wildman–Crippen MR) is 59.0 cm³/mol. The lowest BCUT2D eigenvalue weighted by Gasteiger charge is -2.12. The molecule has 0 heterocycles. The van der Waals surface area contributed by atoms with Gasteiger partial charge >= 0.3 is 0 Å². The monoisotopic (exact) mass is 183 g/mol. The summed E-state index contributed by atoms with van der Waals surface area (Å²) in [5, 5.41) is 3.60. The number of unbranched alkanes of at least 4 members (excludes halogenated alkanes) is 3. The van der Waals surface area contributed by atoms with Gasteiger partial charge in [-0.1, -0.05) is 33.1 Å². The van der Waals surface area contributed by atoms with Gasteiger partial charge in [0.05, 0.1) is 0 Å². The van der Waals surface area contributed by atoms with Crippen LogP contribution in [0, 0.1) is 5.41 Å². The lowest BCUT2D eigenvalue weighted by molar-refractivity contribution is 0.438. The van der Waals surface area contributed by atoms with Crippen molar-refractivity contribution in [1.82, 2.24) is 5.32 Å². The number of hydrogen-bond donors (Lipinski definition) is 1. The van der Waals surface area contributed by atoms with Crippen molar-refractivity contribution in [3.8, 4) is 0 Å². The van der Waals surface area contributed by atoms with Crippen LogP contribution in [-0.4, -0.2) is 13.1 Å². The van der Waals surface area contributed by atoms with Crippen LogP contribution in [0.15, 0.2) is 0 Å². The van der Waals surface area contributed by atoms with Crippen LogP contribution >= 0.6 is 0 Å². The van der Waals surface area contributed by atoms with E-state index in [9.17, 15) is 0 Å². The topological polar surface area (TPSA) is 12.0 Å². The summed E-state index contributed by atoms with van der Waals surface area (Å²) in [6, 6.07) is 0. The Labute approximate surface area is 83.3 Å². The summed E-state index contributed by atoms with van der Waals surface area (Å²) >= 11 is 0. The molecule has 0 spiro atoms. The van der Waals surface area contributed by atoms with Crippen molar-refractivity contribution in [1.29, 1.82) is 0 Å². The Bertz CT molecular complexity index is 127. The Morgan fingerprint density at radius 1 is 1.08 bits per heavy atom. The van der Waals surface area contributed by atoms with Crippen LogP contribution < -0.4 is 5.32 Å². The molecule has 1 heteroatoms. The molecule has 0 aromatic carbocycles. The molecule has 1 N–H and O–H groups in total. The molecule has 1 rings (SSSR count). The van der Waals surface area contributed by atoms with E-state index >= 15 is 0 Å². The minimum absolute atomic E-state index is 0.727. The summed E-state index contributed by atoms with van der Waals surface area (Å²) in [5.74, 6) is 0.